The molecular formula is C15H17FO2. The summed E-state index contributed by atoms with van der Waals surface area (Å²) in [4.78, 5) is 0. The van der Waals surface area contributed by atoms with Crippen LogP contribution in [0.2, 0.25) is 0 Å². The van der Waals surface area contributed by atoms with Crippen LogP contribution in [-0.2, 0) is 0 Å². The second-order valence-electron chi connectivity index (χ2n) is 4.52. The quantitative estimate of drug-likeness (QED) is 0.830. The van der Waals surface area contributed by atoms with E-state index in [1.54, 1.807) is 6.07 Å². The maximum Gasteiger partial charge on any atom is 0.135 e. The minimum Gasteiger partial charge on any atom is -0.492 e. The Balaban J connectivity index is 2.04. The van der Waals surface area contributed by atoms with Gasteiger partial charge in [0.05, 0.1) is 18.8 Å². The lowest BCUT2D eigenvalue weighted by Crippen LogP contribution is -2.19. The molecule has 0 atom stereocenters. The van der Waals surface area contributed by atoms with Crippen LogP contribution >= 0.6 is 0 Å². The highest BCUT2D eigenvalue weighted by molar-refractivity contribution is 5.46. The Bertz CT molecular complexity index is 455. The maximum absolute atomic E-state index is 13.2. The van der Waals surface area contributed by atoms with Crippen molar-refractivity contribution in [2.24, 2.45) is 5.92 Å². The topological polar surface area (TPSA) is 29.5 Å². The minimum atomic E-state index is -0.320. The Labute approximate surface area is 107 Å². The highest BCUT2D eigenvalue weighted by atomic mass is 19.1. The lowest BCUT2D eigenvalue weighted by atomic mass is 9.86. The van der Waals surface area contributed by atoms with Gasteiger partial charge in [0.2, 0.25) is 0 Å². The predicted octanol–water partition coefficient (Wildman–Crippen LogP) is 2.74. The van der Waals surface area contributed by atoms with Crippen LogP contribution in [0.3, 0.4) is 0 Å². The monoisotopic (exact) mass is 248 g/mol. The van der Waals surface area contributed by atoms with Gasteiger partial charge in [0.25, 0.3) is 0 Å². The summed E-state index contributed by atoms with van der Waals surface area (Å²) in [6, 6.07) is 4.38. The largest absolute Gasteiger partial charge is 0.492 e. The van der Waals surface area contributed by atoms with Crippen molar-refractivity contribution >= 4 is 0 Å². The zero-order valence-corrected chi connectivity index (χ0v) is 10.3. The van der Waals surface area contributed by atoms with Crippen LogP contribution in [-0.4, -0.2) is 18.3 Å². The van der Waals surface area contributed by atoms with E-state index < -0.39 is 0 Å². The molecule has 0 bridgehead atoms. The van der Waals surface area contributed by atoms with Crippen molar-refractivity contribution in [3.8, 4) is 17.6 Å². The molecule has 1 aromatic carbocycles. The van der Waals surface area contributed by atoms with Crippen molar-refractivity contribution in [2.45, 2.75) is 25.7 Å². The summed E-state index contributed by atoms with van der Waals surface area (Å²) in [5.74, 6) is 6.57. The van der Waals surface area contributed by atoms with Crippen molar-refractivity contribution in [2.75, 3.05) is 13.2 Å². The van der Waals surface area contributed by atoms with Gasteiger partial charge in [-0.25, -0.2) is 4.39 Å². The molecule has 1 aliphatic rings. The highest BCUT2D eigenvalue weighted by Crippen LogP contribution is 2.28. The van der Waals surface area contributed by atoms with Crippen molar-refractivity contribution in [1.29, 1.82) is 0 Å². The van der Waals surface area contributed by atoms with Gasteiger partial charge in [0.1, 0.15) is 11.6 Å². The summed E-state index contributed by atoms with van der Waals surface area (Å²) in [6.07, 6.45) is 4.10. The van der Waals surface area contributed by atoms with Crippen molar-refractivity contribution < 1.29 is 14.2 Å². The number of aliphatic hydroxyl groups excluding tert-OH is 1. The normalized spacial score (nSPS) is 14.6. The Morgan fingerprint density at radius 1 is 1.39 bits per heavy atom. The van der Waals surface area contributed by atoms with Crippen LogP contribution in [0.1, 0.15) is 31.2 Å². The first-order chi connectivity index (χ1) is 8.79. The van der Waals surface area contributed by atoms with E-state index >= 15 is 0 Å². The zero-order chi connectivity index (χ0) is 12.8. The van der Waals surface area contributed by atoms with Crippen molar-refractivity contribution in [3.05, 3.63) is 29.6 Å². The third-order valence-electron chi connectivity index (χ3n) is 3.10. The lowest BCUT2D eigenvalue weighted by Gasteiger charge is -2.25. The molecule has 96 valence electrons. The molecule has 0 amide bonds. The number of hydrogen-bond acceptors (Lipinski definition) is 2. The fourth-order valence-electron chi connectivity index (χ4n) is 1.81. The molecule has 0 aromatic heterocycles. The molecule has 2 nitrogen and oxygen atoms in total. The molecule has 0 spiro atoms. The van der Waals surface area contributed by atoms with Gasteiger partial charge < -0.3 is 9.84 Å². The zero-order valence-electron chi connectivity index (χ0n) is 10.3. The summed E-state index contributed by atoms with van der Waals surface area (Å²) in [5.41, 5.74) is 0.558. The fraction of sp³-hybridized carbons (Fsp3) is 0.467. The lowest BCUT2D eigenvalue weighted by molar-refractivity contribution is 0.180. The third-order valence-corrected chi connectivity index (χ3v) is 3.10. The maximum atomic E-state index is 13.2. The Hall–Kier alpha value is -1.53. The summed E-state index contributed by atoms with van der Waals surface area (Å²) in [5, 5.41) is 8.68. The van der Waals surface area contributed by atoms with E-state index in [1.807, 2.05) is 0 Å². The number of benzene rings is 1. The van der Waals surface area contributed by atoms with E-state index in [-0.39, 0.29) is 12.4 Å². The summed E-state index contributed by atoms with van der Waals surface area (Å²) in [6.45, 7) is 0.695. The number of hydrogen-bond donors (Lipinski definition) is 1. The van der Waals surface area contributed by atoms with Crippen LogP contribution in [0.25, 0.3) is 0 Å². The average Bonchev–Trinajstić information content (AvgIpc) is 2.30. The predicted molar refractivity (Wildman–Crippen MR) is 67.8 cm³/mol. The molecule has 1 aliphatic carbocycles. The Morgan fingerprint density at radius 2 is 2.22 bits per heavy atom. The van der Waals surface area contributed by atoms with Crippen LogP contribution in [0.5, 0.6) is 5.75 Å². The van der Waals surface area contributed by atoms with E-state index in [0.29, 0.717) is 30.3 Å². The Morgan fingerprint density at radius 3 is 2.89 bits per heavy atom. The molecule has 1 fully saturated rings. The molecule has 0 aliphatic heterocycles. The first-order valence-electron chi connectivity index (χ1n) is 6.31. The standard InChI is InChI=1S/C15H17FO2/c16-14-7-8-15(18-11-12-4-3-5-12)13(10-14)6-1-2-9-17/h7-8,10,12,17H,2-5,9,11H2. The van der Waals surface area contributed by atoms with Gasteiger partial charge in [-0.1, -0.05) is 18.3 Å². The second kappa shape index (κ2) is 6.42. The summed E-state index contributed by atoms with van der Waals surface area (Å²) in [7, 11) is 0. The van der Waals surface area contributed by atoms with Gasteiger partial charge in [-0.3, -0.25) is 0 Å². The van der Waals surface area contributed by atoms with Crippen molar-refractivity contribution in [3.63, 3.8) is 0 Å². The fourth-order valence-corrected chi connectivity index (χ4v) is 1.81. The molecule has 1 aromatic rings. The Kier molecular flexibility index (Phi) is 4.60. The molecule has 0 saturated heterocycles. The molecule has 2 rings (SSSR count). The van der Waals surface area contributed by atoms with E-state index in [0.717, 1.165) is 0 Å². The van der Waals surface area contributed by atoms with Gasteiger partial charge in [-0.05, 0) is 37.0 Å². The molecule has 0 heterocycles. The molecule has 1 N–H and O–H groups in total. The number of ether oxygens (including phenoxy) is 1. The van der Waals surface area contributed by atoms with E-state index in [9.17, 15) is 4.39 Å². The molecular weight excluding hydrogens is 231 g/mol. The number of aliphatic hydroxyl groups is 1. The van der Waals surface area contributed by atoms with Crippen LogP contribution in [0.15, 0.2) is 18.2 Å². The van der Waals surface area contributed by atoms with Crippen LogP contribution < -0.4 is 4.74 Å². The van der Waals surface area contributed by atoms with E-state index in [1.165, 1.54) is 31.4 Å². The molecule has 0 unspecified atom stereocenters. The smallest absolute Gasteiger partial charge is 0.135 e. The van der Waals surface area contributed by atoms with E-state index in [2.05, 4.69) is 11.8 Å². The van der Waals surface area contributed by atoms with Gasteiger partial charge in [0.15, 0.2) is 0 Å². The molecule has 1 saturated carbocycles. The molecule has 0 radical (unpaired) electrons. The van der Waals surface area contributed by atoms with Crippen LogP contribution in [0, 0.1) is 23.6 Å². The molecule has 18 heavy (non-hydrogen) atoms. The second-order valence-corrected chi connectivity index (χ2v) is 4.52. The number of halogens is 1. The van der Waals surface area contributed by atoms with Gasteiger partial charge in [-0.2, -0.15) is 0 Å². The van der Waals surface area contributed by atoms with Crippen molar-refractivity contribution in [1.82, 2.24) is 0 Å². The highest BCUT2D eigenvalue weighted by Gasteiger charge is 2.18. The molecule has 3 heteroatoms. The summed E-state index contributed by atoms with van der Waals surface area (Å²) < 4.78 is 18.9. The van der Waals surface area contributed by atoms with Crippen LogP contribution in [0.4, 0.5) is 4.39 Å². The van der Waals surface area contributed by atoms with Gasteiger partial charge in [-0.15, -0.1) is 0 Å². The average molecular weight is 248 g/mol. The summed E-state index contributed by atoms with van der Waals surface area (Å²) >= 11 is 0. The van der Waals surface area contributed by atoms with Gasteiger partial charge in [0, 0.05) is 6.42 Å². The van der Waals surface area contributed by atoms with E-state index in [4.69, 9.17) is 9.84 Å². The first-order valence-corrected chi connectivity index (χ1v) is 6.31. The van der Waals surface area contributed by atoms with Gasteiger partial charge >= 0.3 is 0 Å². The third kappa shape index (κ3) is 3.48. The minimum absolute atomic E-state index is 0.0145. The first kappa shape index (κ1) is 12.9. The SMILES string of the molecule is OCCC#Cc1cc(F)ccc1OCC1CCC1. The number of rotatable bonds is 4.